The Kier molecular flexibility index (Phi) is 5.90. The lowest BCUT2D eigenvalue weighted by Gasteiger charge is -2.20. The first-order valence-electron chi connectivity index (χ1n) is 9.48. The Bertz CT molecular complexity index is 1120. The van der Waals surface area contributed by atoms with Crippen molar-refractivity contribution >= 4 is 19.9 Å². The quantitative estimate of drug-likeness (QED) is 0.725. The fourth-order valence-electron chi connectivity index (χ4n) is 3.90. The second kappa shape index (κ2) is 7.81. The van der Waals surface area contributed by atoms with Crippen LogP contribution in [0.15, 0.2) is 29.2 Å². The molecule has 3 rings (SSSR count). The van der Waals surface area contributed by atoms with Crippen molar-refractivity contribution in [2.75, 3.05) is 18.8 Å². The Morgan fingerprint density at radius 2 is 1.83 bits per heavy atom. The van der Waals surface area contributed by atoms with Crippen LogP contribution in [0.4, 0.5) is 4.39 Å². The average molecular weight is 444 g/mol. The van der Waals surface area contributed by atoms with E-state index in [9.17, 15) is 21.2 Å². The molecule has 10 heteroatoms. The fourth-order valence-corrected chi connectivity index (χ4v) is 7.64. The largest absolute Gasteiger partial charge is 0.266 e. The summed E-state index contributed by atoms with van der Waals surface area (Å²) in [6.07, 6.45) is -0.00108. The Morgan fingerprint density at radius 3 is 2.41 bits per heavy atom. The molecule has 1 aliphatic heterocycles. The summed E-state index contributed by atoms with van der Waals surface area (Å²) in [4.78, 5) is 0.118. The zero-order valence-corrected chi connectivity index (χ0v) is 18.6. The zero-order valence-electron chi connectivity index (χ0n) is 17.0. The minimum Gasteiger partial charge on any atom is -0.266 e. The van der Waals surface area contributed by atoms with E-state index in [1.54, 1.807) is 24.6 Å². The first-order chi connectivity index (χ1) is 13.5. The molecule has 2 heterocycles. The third-order valence-electron chi connectivity index (χ3n) is 5.30. The molecular weight excluding hydrogens is 417 g/mol. The maximum atomic E-state index is 14.2. The molecule has 7 nitrogen and oxygen atoms in total. The summed E-state index contributed by atoms with van der Waals surface area (Å²) < 4.78 is 69.3. The second-order valence-electron chi connectivity index (χ2n) is 7.61. The lowest BCUT2D eigenvalue weighted by atomic mass is 10.1. The van der Waals surface area contributed by atoms with Crippen LogP contribution in [-0.2, 0) is 19.9 Å². The smallest absolute Gasteiger partial charge is 0.246 e. The maximum absolute atomic E-state index is 14.2. The highest BCUT2D eigenvalue weighted by molar-refractivity contribution is 7.92. The number of hydrogen-bond donors (Lipinski definition) is 0. The van der Waals surface area contributed by atoms with Crippen molar-refractivity contribution in [1.82, 2.24) is 14.1 Å². The van der Waals surface area contributed by atoms with Gasteiger partial charge < -0.3 is 0 Å². The van der Waals surface area contributed by atoms with Gasteiger partial charge in [0.1, 0.15) is 10.7 Å². The van der Waals surface area contributed by atoms with Gasteiger partial charge in [-0.1, -0.05) is 18.2 Å². The molecule has 1 fully saturated rings. The molecule has 0 spiro atoms. The Labute approximate surface area is 171 Å². The molecule has 1 aliphatic rings. The van der Waals surface area contributed by atoms with Gasteiger partial charge in [0.05, 0.1) is 22.4 Å². The summed E-state index contributed by atoms with van der Waals surface area (Å²) in [5.41, 5.74) is 0.996. The van der Waals surface area contributed by atoms with E-state index in [1.807, 2.05) is 13.8 Å². The van der Waals surface area contributed by atoms with Gasteiger partial charge in [0.2, 0.25) is 10.0 Å². The van der Waals surface area contributed by atoms with Crippen LogP contribution in [0.1, 0.15) is 48.5 Å². The van der Waals surface area contributed by atoms with Gasteiger partial charge in [0, 0.05) is 24.7 Å². The van der Waals surface area contributed by atoms with E-state index < -0.39 is 30.9 Å². The molecule has 1 aromatic carbocycles. The predicted molar refractivity (Wildman–Crippen MR) is 108 cm³/mol. The van der Waals surface area contributed by atoms with Crippen LogP contribution in [0.3, 0.4) is 0 Å². The summed E-state index contributed by atoms with van der Waals surface area (Å²) in [6, 6.07) is 5.74. The Morgan fingerprint density at radius 1 is 1.17 bits per heavy atom. The minimum absolute atomic E-state index is 0.00108. The van der Waals surface area contributed by atoms with Crippen molar-refractivity contribution in [2.45, 2.75) is 50.3 Å². The molecule has 1 aromatic heterocycles. The zero-order chi connectivity index (χ0) is 21.6. The first-order valence-corrected chi connectivity index (χ1v) is 12.6. The van der Waals surface area contributed by atoms with Gasteiger partial charge in [-0.25, -0.2) is 21.2 Å². The third-order valence-corrected chi connectivity index (χ3v) is 9.56. The number of aryl methyl sites for hydroxylation is 1. The third kappa shape index (κ3) is 3.97. The van der Waals surface area contributed by atoms with Gasteiger partial charge in [-0.2, -0.15) is 9.40 Å². The fraction of sp³-hybridized carbons (Fsp3) is 0.526. The molecule has 1 saturated heterocycles. The van der Waals surface area contributed by atoms with E-state index in [1.165, 1.54) is 22.5 Å². The van der Waals surface area contributed by atoms with E-state index in [-0.39, 0.29) is 41.8 Å². The van der Waals surface area contributed by atoms with Gasteiger partial charge in [-0.3, -0.25) is 4.68 Å². The number of benzene rings is 1. The van der Waals surface area contributed by atoms with Gasteiger partial charge in [0.25, 0.3) is 0 Å². The molecule has 0 N–H and O–H groups in total. The number of rotatable bonds is 4. The van der Waals surface area contributed by atoms with Gasteiger partial charge in [0.15, 0.2) is 9.84 Å². The van der Waals surface area contributed by atoms with Crippen LogP contribution in [0.25, 0.3) is 0 Å². The number of hydrogen-bond acceptors (Lipinski definition) is 5. The van der Waals surface area contributed by atoms with Crippen molar-refractivity contribution in [3.8, 4) is 0 Å². The van der Waals surface area contributed by atoms with E-state index in [0.717, 1.165) is 0 Å². The Balaban J connectivity index is 1.98. The lowest BCUT2D eigenvalue weighted by molar-refractivity contribution is 0.426. The van der Waals surface area contributed by atoms with Crippen LogP contribution < -0.4 is 0 Å². The molecule has 1 atom stereocenters. The summed E-state index contributed by atoms with van der Waals surface area (Å²) in [5.74, 6) is -0.955. The summed E-state index contributed by atoms with van der Waals surface area (Å²) in [6.45, 7) is 6.98. The number of sulfonamides is 1. The van der Waals surface area contributed by atoms with Crippen LogP contribution in [0.2, 0.25) is 0 Å². The molecular formula is C19H26FN3O4S2. The van der Waals surface area contributed by atoms with Crippen molar-refractivity contribution < 1.29 is 21.2 Å². The van der Waals surface area contributed by atoms with E-state index in [2.05, 4.69) is 5.10 Å². The van der Waals surface area contributed by atoms with Crippen molar-refractivity contribution in [1.29, 1.82) is 0 Å². The molecule has 160 valence electrons. The number of aromatic nitrogens is 2. The van der Waals surface area contributed by atoms with Gasteiger partial charge >= 0.3 is 0 Å². The Hall–Kier alpha value is -1.78. The monoisotopic (exact) mass is 443 g/mol. The lowest BCUT2D eigenvalue weighted by Crippen LogP contribution is -2.34. The average Bonchev–Trinajstić information content (AvgIpc) is 2.83. The summed E-state index contributed by atoms with van der Waals surface area (Å²) in [5, 5.41) is 3.27. The highest BCUT2D eigenvalue weighted by Gasteiger charge is 2.38. The van der Waals surface area contributed by atoms with Crippen LogP contribution >= 0.6 is 0 Å². The van der Waals surface area contributed by atoms with Gasteiger partial charge in [-0.15, -0.1) is 0 Å². The standard InChI is InChI=1S/C19H26FN3O4S2/c1-13(2)23-15(4)19(14(3)21-23)29(26,27)22-10-9-18(28(24,25)12-11-22)16-7-5-6-8-17(16)20/h5-8,13,18H,9-12H2,1-4H3. The second-order valence-corrected chi connectivity index (χ2v) is 11.8. The van der Waals surface area contributed by atoms with E-state index >= 15 is 0 Å². The normalized spacial score (nSPS) is 20.7. The number of sulfone groups is 1. The van der Waals surface area contributed by atoms with Crippen LogP contribution in [0, 0.1) is 19.7 Å². The molecule has 0 aliphatic carbocycles. The molecule has 0 amide bonds. The van der Waals surface area contributed by atoms with E-state index in [4.69, 9.17) is 0 Å². The van der Waals surface area contributed by atoms with E-state index in [0.29, 0.717) is 11.4 Å². The molecule has 1 unspecified atom stereocenters. The molecule has 2 aromatic rings. The summed E-state index contributed by atoms with van der Waals surface area (Å²) in [7, 11) is -7.64. The highest BCUT2D eigenvalue weighted by Crippen LogP contribution is 2.33. The van der Waals surface area contributed by atoms with Crippen LogP contribution in [0.5, 0.6) is 0 Å². The van der Waals surface area contributed by atoms with Crippen molar-refractivity contribution in [3.63, 3.8) is 0 Å². The topological polar surface area (TPSA) is 89.3 Å². The number of nitrogens with zero attached hydrogens (tertiary/aromatic N) is 3. The maximum Gasteiger partial charge on any atom is 0.246 e. The summed E-state index contributed by atoms with van der Waals surface area (Å²) >= 11 is 0. The van der Waals surface area contributed by atoms with Gasteiger partial charge in [-0.05, 0) is 40.2 Å². The highest BCUT2D eigenvalue weighted by atomic mass is 32.2. The minimum atomic E-state index is -3.93. The molecule has 0 bridgehead atoms. The van der Waals surface area contributed by atoms with Crippen molar-refractivity contribution in [2.24, 2.45) is 0 Å². The SMILES string of the molecule is Cc1nn(C(C)C)c(C)c1S(=O)(=O)N1CCC(c2ccccc2F)S(=O)(=O)CC1. The number of halogens is 1. The van der Waals surface area contributed by atoms with Crippen molar-refractivity contribution in [3.05, 3.63) is 47.0 Å². The molecule has 0 radical (unpaired) electrons. The van der Waals surface area contributed by atoms with Crippen LogP contribution in [-0.4, -0.2) is 49.8 Å². The predicted octanol–water partition coefficient (Wildman–Crippen LogP) is 2.77. The molecule has 29 heavy (non-hydrogen) atoms. The first kappa shape index (κ1) is 21.9. The molecule has 0 saturated carbocycles.